The Balaban J connectivity index is 2.28. The van der Waals surface area contributed by atoms with Gasteiger partial charge < -0.3 is 14.8 Å². The summed E-state index contributed by atoms with van der Waals surface area (Å²) in [6, 6.07) is 4.33. The summed E-state index contributed by atoms with van der Waals surface area (Å²) in [5, 5.41) is 2.85. The zero-order valence-electron chi connectivity index (χ0n) is 10.5. The lowest BCUT2D eigenvalue weighted by atomic mass is 10.1. The summed E-state index contributed by atoms with van der Waals surface area (Å²) >= 11 is 0. The molecule has 15 heavy (non-hydrogen) atoms. The molecule has 4 nitrogen and oxygen atoms in total. The van der Waals surface area contributed by atoms with Crippen molar-refractivity contribution in [3.8, 4) is 11.5 Å². The van der Waals surface area contributed by atoms with Crippen LogP contribution in [0.25, 0.3) is 0 Å². The van der Waals surface area contributed by atoms with Gasteiger partial charge in [-0.2, -0.15) is 0 Å². The number of carbonyl (C=O) groups is 1. The van der Waals surface area contributed by atoms with Crippen LogP contribution in [0.15, 0.2) is 18.2 Å². The van der Waals surface area contributed by atoms with Gasteiger partial charge in [-0.05, 0) is 32.2 Å². The van der Waals surface area contributed by atoms with E-state index in [2.05, 4.69) is 5.32 Å². The van der Waals surface area contributed by atoms with Gasteiger partial charge in [-0.25, -0.2) is 0 Å². The van der Waals surface area contributed by atoms with E-state index in [1.807, 2.05) is 0 Å². The second kappa shape index (κ2) is 3.90. The van der Waals surface area contributed by atoms with Crippen LogP contribution in [0.5, 0.6) is 11.5 Å². The third-order valence-electron chi connectivity index (χ3n) is 2.36. The van der Waals surface area contributed by atoms with Crippen molar-refractivity contribution in [3.05, 3.63) is 23.8 Å². The molecular formula is C11H13NO3. The van der Waals surface area contributed by atoms with Crippen LogP contribution in [0.3, 0.4) is 0 Å². The number of ether oxygens (including phenoxy) is 2. The molecule has 1 atom stereocenters. The summed E-state index contributed by atoms with van der Waals surface area (Å²) in [5.41, 5.74) is 0.465. The number of nitrogens with one attached hydrogen (secondary N) is 1. The Morgan fingerprint density at radius 2 is 2.27 bits per heavy atom. The fourth-order valence-corrected chi connectivity index (χ4v) is 1.32. The normalized spacial score (nSPS) is 20.4. The second-order valence-electron chi connectivity index (χ2n) is 3.32. The van der Waals surface area contributed by atoms with Crippen LogP contribution >= 0.6 is 0 Å². The summed E-state index contributed by atoms with van der Waals surface area (Å²) in [5.74, 6) is 0.485. The molecule has 80 valence electrons. The molecule has 0 spiro atoms. The van der Waals surface area contributed by atoms with Gasteiger partial charge in [0, 0.05) is 5.56 Å². The van der Waals surface area contributed by atoms with E-state index in [9.17, 15) is 4.79 Å². The number of hydrogen-bond acceptors (Lipinski definition) is 4. The number of hydrogen-bond donors (Lipinski definition) is 1. The van der Waals surface area contributed by atoms with Crippen molar-refractivity contribution in [2.75, 3.05) is 13.8 Å². The summed E-state index contributed by atoms with van der Waals surface area (Å²) in [6.45, 7) is -0.398. The molecule has 0 aromatic heterocycles. The van der Waals surface area contributed by atoms with Gasteiger partial charge in [-0.15, -0.1) is 0 Å². The van der Waals surface area contributed by atoms with Gasteiger partial charge in [0.25, 0.3) is 0 Å². The van der Waals surface area contributed by atoms with E-state index in [-0.39, 0.29) is 17.6 Å². The number of likely N-dealkylation sites (N-methyl/N-ethyl adjacent to an activating group) is 1. The predicted molar refractivity (Wildman–Crippen MR) is 55.4 cm³/mol. The van der Waals surface area contributed by atoms with Crippen molar-refractivity contribution in [1.29, 1.82) is 0 Å². The molecule has 0 radical (unpaired) electrons. The van der Waals surface area contributed by atoms with E-state index in [1.54, 1.807) is 20.0 Å². The largest absolute Gasteiger partial charge is 0.454 e. The van der Waals surface area contributed by atoms with Gasteiger partial charge in [0.15, 0.2) is 17.3 Å². The molecule has 1 aromatic rings. The first-order valence-electron chi connectivity index (χ1n) is 5.66. The lowest BCUT2D eigenvalue weighted by molar-refractivity contribution is 0.0954. The minimum atomic E-state index is -2.15. The van der Waals surface area contributed by atoms with Crippen LogP contribution < -0.4 is 14.8 Å². The van der Waals surface area contributed by atoms with Crippen molar-refractivity contribution in [2.24, 2.45) is 0 Å². The molecular weight excluding hydrogens is 194 g/mol. The van der Waals surface area contributed by atoms with Gasteiger partial charge in [-0.3, -0.25) is 4.79 Å². The maximum absolute atomic E-state index is 11.9. The standard InChI is InChI=1S/C11H13NO3/c1-7(12-2)11(13)8-3-4-9-10(5-8)15-6-14-9/h3-5,7,12H,6H2,1-2H3/t7-/m0/s1/i6D2. The smallest absolute Gasteiger partial charge is 0.231 e. The van der Waals surface area contributed by atoms with E-state index < -0.39 is 6.75 Å². The molecule has 1 N–H and O–H groups in total. The van der Waals surface area contributed by atoms with Crippen molar-refractivity contribution in [3.63, 3.8) is 0 Å². The molecule has 0 bridgehead atoms. The summed E-state index contributed by atoms with van der Waals surface area (Å²) in [6.07, 6.45) is 0. The lowest BCUT2D eigenvalue weighted by Crippen LogP contribution is -2.30. The molecule has 0 saturated carbocycles. The molecule has 2 rings (SSSR count). The molecule has 1 aromatic carbocycles. The number of benzene rings is 1. The average Bonchev–Trinajstić information content (AvgIpc) is 2.59. The highest BCUT2D eigenvalue weighted by Gasteiger charge is 2.18. The number of ketones is 1. The maximum atomic E-state index is 11.9. The van der Waals surface area contributed by atoms with Gasteiger partial charge >= 0.3 is 0 Å². The van der Waals surface area contributed by atoms with Crippen molar-refractivity contribution >= 4 is 5.78 Å². The van der Waals surface area contributed by atoms with Crippen LogP contribution in [0.2, 0.25) is 0 Å². The minimum absolute atomic E-state index is 0.0774. The molecule has 0 amide bonds. The van der Waals surface area contributed by atoms with Gasteiger partial charge in [-0.1, -0.05) is 0 Å². The van der Waals surface area contributed by atoms with Crippen LogP contribution in [0, 0.1) is 0 Å². The molecule has 0 unspecified atom stereocenters. The molecule has 1 heterocycles. The maximum Gasteiger partial charge on any atom is 0.231 e. The summed E-state index contributed by atoms with van der Waals surface area (Å²) in [7, 11) is 1.70. The minimum Gasteiger partial charge on any atom is -0.454 e. The topological polar surface area (TPSA) is 47.6 Å². The predicted octanol–water partition coefficient (Wildman–Crippen LogP) is 1.21. The van der Waals surface area contributed by atoms with Crippen LogP contribution in [0.4, 0.5) is 0 Å². The zero-order chi connectivity index (χ0) is 12.6. The third-order valence-corrected chi connectivity index (χ3v) is 2.36. The Hall–Kier alpha value is -1.55. The van der Waals surface area contributed by atoms with Gasteiger partial charge in [0.05, 0.1) is 6.04 Å². The molecule has 0 saturated heterocycles. The molecule has 1 aliphatic rings. The van der Waals surface area contributed by atoms with E-state index in [0.29, 0.717) is 11.3 Å². The molecule has 1 aliphatic heterocycles. The number of Topliss-reactive ketones (excluding diaryl/α,β-unsaturated/α-hetero) is 1. The number of fused-ring (bicyclic) bond motifs is 1. The molecule has 4 heteroatoms. The first-order valence-corrected chi connectivity index (χ1v) is 4.66. The molecule has 0 aliphatic carbocycles. The second-order valence-corrected chi connectivity index (χ2v) is 3.32. The van der Waals surface area contributed by atoms with Gasteiger partial charge in [0.1, 0.15) is 2.74 Å². The fraction of sp³-hybridized carbons (Fsp3) is 0.364. The van der Waals surface area contributed by atoms with Gasteiger partial charge in [0.2, 0.25) is 6.75 Å². The van der Waals surface area contributed by atoms with E-state index >= 15 is 0 Å². The third kappa shape index (κ3) is 1.80. The average molecular weight is 209 g/mol. The Bertz CT molecular complexity index is 462. The molecule has 0 fully saturated rings. The zero-order valence-corrected chi connectivity index (χ0v) is 8.53. The number of carbonyl (C=O) groups excluding carboxylic acids is 1. The van der Waals surface area contributed by atoms with Crippen molar-refractivity contribution in [2.45, 2.75) is 13.0 Å². The highest BCUT2D eigenvalue weighted by Crippen LogP contribution is 2.32. The number of rotatable bonds is 3. The van der Waals surface area contributed by atoms with Crippen molar-refractivity contribution < 1.29 is 17.0 Å². The Kier molecular flexibility index (Phi) is 2.00. The Morgan fingerprint density at radius 3 is 3.00 bits per heavy atom. The Morgan fingerprint density at radius 1 is 1.53 bits per heavy atom. The SMILES string of the molecule is [2H]C1([2H])Oc2ccc(C(=O)[C@H](C)NC)cc2O1. The summed E-state index contributed by atoms with van der Waals surface area (Å²) in [4.78, 5) is 11.9. The first-order chi connectivity index (χ1) is 7.93. The van der Waals surface area contributed by atoms with Crippen molar-refractivity contribution in [1.82, 2.24) is 5.32 Å². The monoisotopic (exact) mass is 209 g/mol. The van der Waals surface area contributed by atoms with E-state index in [0.717, 1.165) is 0 Å². The lowest BCUT2D eigenvalue weighted by Gasteiger charge is -2.09. The Labute approximate surface area is 91.0 Å². The fourth-order valence-electron chi connectivity index (χ4n) is 1.32. The van der Waals surface area contributed by atoms with Crippen LogP contribution in [-0.4, -0.2) is 25.6 Å². The quantitative estimate of drug-likeness (QED) is 0.760. The summed E-state index contributed by atoms with van der Waals surface area (Å²) < 4.78 is 24.4. The van der Waals surface area contributed by atoms with Crippen LogP contribution in [-0.2, 0) is 0 Å². The van der Waals surface area contributed by atoms with Crippen LogP contribution in [0.1, 0.15) is 20.0 Å². The highest BCUT2D eigenvalue weighted by atomic mass is 16.7. The van der Waals surface area contributed by atoms with E-state index in [4.69, 9.17) is 12.2 Å². The highest BCUT2D eigenvalue weighted by molar-refractivity contribution is 6.00. The van der Waals surface area contributed by atoms with E-state index in [1.165, 1.54) is 12.1 Å². The first kappa shape index (κ1) is 7.70.